The monoisotopic (exact) mass is 1400 g/mol. The zero-order valence-electron chi connectivity index (χ0n) is 51.3. The number of hydrogen-bond donors (Lipinski definition) is 10. The molecular formula is C61H58F16N22. The summed E-state index contributed by atoms with van der Waals surface area (Å²) in [4.78, 5) is 48.4. The smallest absolute Gasteiger partial charge is 0.248 e. The van der Waals surface area contributed by atoms with Crippen LogP contribution in [-0.2, 0) is 6.54 Å². The van der Waals surface area contributed by atoms with Gasteiger partial charge in [-0.25, -0.2) is 80.8 Å². The lowest BCUT2D eigenvalue weighted by Gasteiger charge is -2.28. The molecule has 12 rings (SSSR count). The second-order valence-corrected chi connectivity index (χ2v) is 22.5. The van der Waals surface area contributed by atoms with Crippen LogP contribution in [0.2, 0.25) is 0 Å². The lowest BCUT2D eigenvalue weighted by molar-refractivity contribution is -0.0366. The van der Waals surface area contributed by atoms with Crippen LogP contribution in [0.3, 0.4) is 0 Å². The summed E-state index contributed by atoms with van der Waals surface area (Å²) in [6, 6.07) is 13.6. The number of nitrogens with one attached hydrogen (secondary N) is 6. The largest absolute Gasteiger partial charge is 0.384 e. The number of nitrogens with zero attached hydrogens (tertiary/aromatic N) is 12. The number of rotatable bonds is 16. The minimum Gasteiger partial charge on any atom is -0.384 e. The Bertz CT molecular complexity index is 4030. The van der Waals surface area contributed by atoms with Crippen molar-refractivity contribution in [1.29, 1.82) is 0 Å². The average Bonchev–Trinajstić information content (AvgIpc) is 0.821. The molecule has 9 aromatic rings. The summed E-state index contributed by atoms with van der Waals surface area (Å²) in [7, 11) is 0. The molecule has 6 aromatic heterocycles. The van der Waals surface area contributed by atoms with Crippen LogP contribution in [0.25, 0.3) is 34.6 Å². The van der Waals surface area contributed by atoms with Crippen LogP contribution in [0.1, 0.15) is 82.7 Å². The highest BCUT2D eigenvalue weighted by Gasteiger charge is 2.38. The van der Waals surface area contributed by atoms with Gasteiger partial charge in [-0.3, -0.25) is 11.7 Å². The highest BCUT2D eigenvalue weighted by Crippen LogP contribution is 2.38. The van der Waals surface area contributed by atoms with E-state index >= 15 is 0 Å². The number of halogens is 16. The van der Waals surface area contributed by atoms with E-state index in [4.69, 9.17) is 11.5 Å². The lowest BCUT2D eigenvalue weighted by Crippen LogP contribution is -2.32. The number of nitrogen functional groups attached to an aromatic ring is 1. The van der Waals surface area contributed by atoms with Crippen molar-refractivity contribution >= 4 is 58.6 Å². The molecule has 3 fully saturated rings. The quantitative estimate of drug-likeness (QED) is 0.0186. The van der Waals surface area contributed by atoms with Gasteiger partial charge in [-0.1, -0.05) is 0 Å². The van der Waals surface area contributed by atoms with Gasteiger partial charge in [0.05, 0.1) is 5.69 Å². The van der Waals surface area contributed by atoms with Gasteiger partial charge in [0.25, 0.3) is 0 Å². The van der Waals surface area contributed by atoms with E-state index in [1.165, 1.54) is 18.2 Å². The standard InChI is InChI=1S/C21H20F5N7.C20H16F6N6.C20H18F5N7.H4N2/c22-11-7-12(23)9-15(8-11)30-20-32-18(17-16(24)2-1-14(10-27)28-17)31-19(33-20)29-13-3-5-21(25,26)6-4-13;21-10-7-11(22)9-13(8-10)28-19-31-17(16-14(23)1-2-15(24)29-16)30-18(32-19)27-12-3-5-20(25,26)6-4-12;21-10-7-11(22)9-13(8-10)28-19-31-17(16-14(23)1-2-15(26)29-16)30-18(32-19)27-12-3-5-20(24,25)6-4-12;1-2/h1-2,7-9,13H,3-6,10,27H2,(H2,29,30,31,32,33);1-2,7-9,12H,3-6H2,(H2,27,28,30,31,32);1-2,7-9,12H,3-6H2,(H2,26,29)(H2,27,28,30,31,32);1-2H2. The van der Waals surface area contributed by atoms with Crippen molar-refractivity contribution in [2.45, 2.75) is 119 Å². The van der Waals surface area contributed by atoms with Gasteiger partial charge >= 0.3 is 0 Å². The van der Waals surface area contributed by atoms with Crippen molar-refractivity contribution in [3.63, 3.8) is 0 Å². The first kappa shape index (κ1) is 72.8. The summed E-state index contributed by atoms with van der Waals surface area (Å²) in [6.45, 7) is 0.0490. The molecule has 0 atom stereocenters. The number of benzene rings is 3. The Hall–Kier alpha value is -10.5. The molecule has 0 radical (unpaired) electrons. The molecule has 0 spiro atoms. The van der Waals surface area contributed by atoms with Crippen LogP contribution in [0, 0.1) is 58.3 Å². The maximum atomic E-state index is 14.5. The Labute approximate surface area is 551 Å². The molecule has 524 valence electrons. The van der Waals surface area contributed by atoms with Gasteiger partial charge in [0.15, 0.2) is 34.9 Å². The Kier molecular flexibility index (Phi) is 23.4. The van der Waals surface area contributed by atoms with Gasteiger partial charge in [-0.15, -0.1) is 0 Å². The molecule has 3 saturated carbocycles. The van der Waals surface area contributed by atoms with E-state index in [1.807, 2.05) is 0 Å². The molecule has 22 nitrogen and oxygen atoms in total. The highest BCUT2D eigenvalue weighted by atomic mass is 19.3. The molecule has 0 unspecified atom stereocenters. The normalized spacial score (nSPS) is 15.7. The third-order valence-electron chi connectivity index (χ3n) is 14.8. The fourth-order valence-electron chi connectivity index (χ4n) is 10.1. The summed E-state index contributed by atoms with van der Waals surface area (Å²) < 4.78 is 219. The molecule has 3 aliphatic rings. The number of nitrogens with two attached hydrogens (primary N) is 4. The van der Waals surface area contributed by atoms with Gasteiger partial charge < -0.3 is 43.4 Å². The Morgan fingerprint density at radius 2 is 0.626 bits per heavy atom. The Balaban J connectivity index is 0.000000171. The third kappa shape index (κ3) is 21.0. The third-order valence-corrected chi connectivity index (χ3v) is 14.8. The molecule has 99 heavy (non-hydrogen) atoms. The molecule has 14 N–H and O–H groups in total. The van der Waals surface area contributed by atoms with Crippen LogP contribution in [0.15, 0.2) is 91.0 Å². The number of hydrazine groups is 1. The molecule has 0 bridgehead atoms. The second kappa shape index (κ2) is 31.8. The van der Waals surface area contributed by atoms with Crippen molar-refractivity contribution in [1.82, 2.24) is 59.8 Å². The van der Waals surface area contributed by atoms with Crippen LogP contribution in [-0.4, -0.2) is 95.7 Å². The first-order valence-corrected chi connectivity index (χ1v) is 29.9. The molecule has 6 heterocycles. The zero-order chi connectivity index (χ0) is 71.3. The zero-order valence-corrected chi connectivity index (χ0v) is 51.3. The molecule has 3 aliphatic carbocycles. The molecule has 0 aliphatic heterocycles. The minimum absolute atomic E-state index is 0.00363. The maximum absolute atomic E-state index is 14.5. The van der Waals surface area contributed by atoms with Crippen molar-refractivity contribution < 1.29 is 70.2 Å². The second-order valence-electron chi connectivity index (χ2n) is 22.5. The summed E-state index contributed by atoms with van der Waals surface area (Å²) in [5, 5.41) is 16.7. The highest BCUT2D eigenvalue weighted by molar-refractivity contribution is 5.63. The van der Waals surface area contributed by atoms with Crippen LogP contribution in [0.4, 0.5) is 129 Å². The number of alkyl halides is 6. The van der Waals surface area contributed by atoms with E-state index in [1.54, 1.807) is 0 Å². The van der Waals surface area contributed by atoms with E-state index in [2.05, 4.69) is 103 Å². The first-order valence-electron chi connectivity index (χ1n) is 29.9. The summed E-state index contributed by atoms with van der Waals surface area (Å²) in [5.41, 5.74) is 10.6. The van der Waals surface area contributed by atoms with Crippen LogP contribution < -0.4 is 55.1 Å². The van der Waals surface area contributed by atoms with E-state index < -0.39 is 87.8 Å². The van der Waals surface area contributed by atoms with Gasteiger partial charge in [-0.05, 0) is 111 Å². The predicted molar refractivity (Wildman–Crippen MR) is 331 cm³/mol. The summed E-state index contributed by atoms with van der Waals surface area (Å²) >= 11 is 0. The number of hydrogen-bond acceptors (Lipinski definition) is 22. The van der Waals surface area contributed by atoms with E-state index in [-0.39, 0.29) is 183 Å². The van der Waals surface area contributed by atoms with Crippen LogP contribution >= 0.6 is 0 Å². The van der Waals surface area contributed by atoms with Gasteiger partial charge in [0.1, 0.15) is 57.8 Å². The Morgan fingerprint density at radius 3 is 0.949 bits per heavy atom. The van der Waals surface area contributed by atoms with Crippen molar-refractivity contribution in [3.8, 4) is 34.6 Å². The van der Waals surface area contributed by atoms with E-state index in [0.717, 1.165) is 54.6 Å². The number of aromatic nitrogens is 12. The fraction of sp³-hybridized carbons (Fsp3) is 0.311. The summed E-state index contributed by atoms with van der Waals surface area (Å²) in [6.07, 6.45) is -0.807. The van der Waals surface area contributed by atoms with Crippen LogP contribution in [0.5, 0.6) is 0 Å². The minimum atomic E-state index is -2.74. The number of anilines is 10. The van der Waals surface area contributed by atoms with Crippen molar-refractivity contribution in [2.24, 2.45) is 17.4 Å². The average molecular weight is 1400 g/mol. The van der Waals surface area contributed by atoms with Gasteiger partial charge in [0, 0.05) is 98.5 Å². The topological polar surface area (TPSA) is 331 Å². The molecule has 38 heteroatoms. The van der Waals surface area contributed by atoms with Gasteiger partial charge in [0.2, 0.25) is 59.4 Å². The number of pyridine rings is 3. The maximum Gasteiger partial charge on any atom is 0.248 e. The molecular weight excluding hydrogens is 1340 g/mol. The lowest BCUT2D eigenvalue weighted by atomic mass is 9.92. The molecule has 3 aromatic carbocycles. The van der Waals surface area contributed by atoms with Crippen molar-refractivity contribution in [2.75, 3.05) is 37.6 Å². The van der Waals surface area contributed by atoms with E-state index in [0.29, 0.717) is 23.9 Å². The predicted octanol–water partition coefficient (Wildman–Crippen LogP) is 13.3. The fourth-order valence-corrected chi connectivity index (χ4v) is 10.1. The van der Waals surface area contributed by atoms with E-state index in [9.17, 15) is 70.2 Å². The Morgan fingerprint density at radius 1 is 0.343 bits per heavy atom. The van der Waals surface area contributed by atoms with Crippen molar-refractivity contribution in [3.05, 3.63) is 155 Å². The molecule has 0 amide bonds. The first-order chi connectivity index (χ1) is 47.0. The molecule has 0 saturated heterocycles. The SMILES string of the molecule is Fc1cc(F)cc(Nc2nc(NC3CCC(F)(F)CC3)nc(-c3nc(F)ccc3F)n2)c1.NCc1ccc(F)c(-c2nc(Nc3cc(F)cc(F)c3)nc(NC3CCC(F)(F)CC3)n2)n1.NN.Nc1ccc(F)c(-c2nc(Nc3cc(F)cc(F)c3)nc(NC3CCC(F)(F)CC3)n2)n1. The van der Waals surface area contributed by atoms with Gasteiger partial charge in [-0.2, -0.15) is 49.2 Å². The summed E-state index contributed by atoms with van der Waals surface area (Å²) in [5.74, 6) is -9.98.